The van der Waals surface area contributed by atoms with Gasteiger partial charge in [-0.25, -0.2) is 0 Å². The molecule has 2 aromatic rings. The predicted molar refractivity (Wildman–Crippen MR) is 126 cm³/mol. The molecule has 0 bridgehead atoms. The molecule has 0 aromatic heterocycles. The van der Waals surface area contributed by atoms with Crippen LogP contribution < -0.4 is 9.47 Å². The monoisotopic (exact) mass is 486 g/mol. The van der Waals surface area contributed by atoms with E-state index in [-0.39, 0.29) is 13.2 Å². The second-order valence-corrected chi connectivity index (χ2v) is 8.71. The van der Waals surface area contributed by atoms with Crippen molar-refractivity contribution in [2.75, 3.05) is 40.6 Å². The standard InChI is InChI=1S/C22H32O8P2/c1-5-27-31(23)29-15-13-17-9-7-11-19(25-3)21(17)22-18(10-8-12-20(22)26-4)14-16-30-32(24)28-6-2/h7-12,31-32H,5-6,13-16H2,1-4H3. The van der Waals surface area contributed by atoms with Crippen LogP contribution in [-0.2, 0) is 40.1 Å². The van der Waals surface area contributed by atoms with Crippen LogP contribution in [0.1, 0.15) is 25.0 Å². The molecule has 0 N–H and O–H groups in total. The molecule has 0 fully saturated rings. The second-order valence-electron chi connectivity index (χ2n) is 6.55. The predicted octanol–water partition coefficient (Wildman–Crippen LogP) is 5.34. The van der Waals surface area contributed by atoms with E-state index in [1.54, 1.807) is 28.1 Å². The van der Waals surface area contributed by atoms with E-state index in [4.69, 9.17) is 27.6 Å². The highest BCUT2D eigenvalue weighted by molar-refractivity contribution is 7.33. The lowest BCUT2D eigenvalue weighted by Gasteiger charge is -2.20. The Kier molecular flexibility index (Phi) is 12.0. The molecule has 0 amide bonds. The van der Waals surface area contributed by atoms with Gasteiger partial charge < -0.3 is 27.6 Å². The molecule has 10 heteroatoms. The SMILES string of the molecule is CCO[PH](=O)OCCc1cccc(OC)c1-c1c(CCO[PH](=O)OCC)cccc1OC. The molecule has 178 valence electrons. The molecule has 0 saturated carbocycles. The Morgan fingerprint density at radius 1 is 0.656 bits per heavy atom. The number of rotatable bonds is 15. The Hall–Kier alpha value is -1.66. The van der Waals surface area contributed by atoms with Crippen molar-refractivity contribution in [3.8, 4) is 22.6 Å². The summed E-state index contributed by atoms with van der Waals surface area (Å²) in [5.41, 5.74) is 3.62. The van der Waals surface area contributed by atoms with Crippen LogP contribution in [-0.4, -0.2) is 40.6 Å². The van der Waals surface area contributed by atoms with Gasteiger partial charge in [0, 0.05) is 11.1 Å². The van der Waals surface area contributed by atoms with Crippen molar-refractivity contribution in [1.29, 1.82) is 0 Å². The van der Waals surface area contributed by atoms with Gasteiger partial charge in [0.15, 0.2) is 0 Å². The summed E-state index contributed by atoms with van der Waals surface area (Å²) >= 11 is 0. The minimum atomic E-state index is -2.51. The van der Waals surface area contributed by atoms with Crippen LogP contribution >= 0.6 is 16.5 Å². The van der Waals surface area contributed by atoms with Crippen molar-refractivity contribution in [3.05, 3.63) is 47.5 Å². The Bertz CT molecular complexity index is 830. The molecule has 0 aliphatic carbocycles. The summed E-state index contributed by atoms with van der Waals surface area (Å²) in [6.07, 6.45) is 1.00. The summed E-state index contributed by atoms with van der Waals surface area (Å²) in [5, 5.41) is 0. The molecular weight excluding hydrogens is 454 g/mol. The first-order chi connectivity index (χ1) is 15.5. The Labute approximate surface area is 191 Å². The normalized spacial score (nSPS) is 13.0. The van der Waals surface area contributed by atoms with Crippen molar-refractivity contribution < 1.29 is 36.7 Å². The lowest BCUT2D eigenvalue weighted by atomic mass is 9.91. The highest BCUT2D eigenvalue weighted by atomic mass is 31.1. The van der Waals surface area contributed by atoms with E-state index in [1.807, 2.05) is 36.4 Å². The number of hydrogen-bond acceptors (Lipinski definition) is 8. The number of methoxy groups -OCH3 is 2. The molecule has 0 aliphatic heterocycles. The first kappa shape index (κ1) is 26.6. The summed E-state index contributed by atoms with van der Waals surface area (Å²) in [6, 6.07) is 11.5. The van der Waals surface area contributed by atoms with E-state index >= 15 is 0 Å². The molecule has 0 saturated heterocycles. The molecule has 2 aromatic carbocycles. The average molecular weight is 486 g/mol. The summed E-state index contributed by atoms with van der Waals surface area (Å²) in [4.78, 5) is 0. The third-order valence-electron chi connectivity index (χ3n) is 4.62. The van der Waals surface area contributed by atoms with E-state index < -0.39 is 16.5 Å². The lowest BCUT2D eigenvalue weighted by Crippen LogP contribution is -2.04. The molecule has 0 aliphatic rings. The zero-order valence-corrected chi connectivity index (χ0v) is 21.0. The Morgan fingerprint density at radius 2 is 1.06 bits per heavy atom. The van der Waals surface area contributed by atoms with Gasteiger partial charge in [-0.05, 0) is 49.9 Å². The molecule has 8 nitrogen and oxygen atoms in total. The first-order valence-corrected chi connectivity index (χ1v) is 12.9. The van der Waals surface area contributed by atoms with Crippen LogP contribution in [0.2, 0.25) is 0 Å². The van der Waals surface area contributed by atoms with Crippen molar-refractivity contribution in [2.45, 2.75) is 26.7 Å². The molecule has 2 atom stereocenters. The minimum Gasteiger partial charge on any atom is -0.496 e. The van der Waals surface area contributed by atoms with Crippen molar-refractivity contribution in [2.24, 2.45) is 0 Å². The van der Waals surface area contributed by atoms with Crippen molar-refractivity contribution in [1.82, 2.24) is 0 Å². The van der Waals surface area contributed by atoms with Gasteiger partial charge >= 0.3 is 16.5 Å². The summed E-state index contributed by atoms with van der Waals surface area (Å²) in [7, 11) is -1.80. The van der Waals surface area contributed by atoms with Gasteiger partial charge in [-0.3, -0.25) is 9.13 Å². The summed E-state index contributed by atoms with van der Waals surface area (Å²) in [6.45, 7) is 4.69. The molecule has 0 heterocycles. The van der Waals surface area contributed by atoms with E-state index in [0.29, 0.717) is 37.6 Å². The molecule has 2 unspecified atom stereocenters. The largest absolute Gasteiger partial charge is 0.496 e. The fourth-order valence-corrected chi connectivity index (χ4v) is 4.46. The third-order valence-corrected chi connectivity index (χ3v) is 6.55. The topological polar surface area (TPSA) is 89.5 Å². The van der Waals surface area contributed by atoms with Crippen LogP contribution in [0, 0.1) is 0 Å². The van der Waals surface area contributed by atoms with Gasteiger partial charge in [0.2, 0.25) is 0 Å². The highest BCUT2D eigenvalue weighted by Gasteiger charge is 2.19. The Balaban J connectivity index is 2.37. The average Bonchev–Trinajstić information content (AvgIpc) is 2.79. The maximum Gasteiger partial charge on any atom is 0.319 e. The minimum absolute atomic E-state index is 0.238. The Morgan fingerprint density at radius 3 is 1.41 bits per heavy atom. The number of hydrogen-bond donors (Lipinski definition) is 0. The maximum atomic E-state index is 11.7. The van der Waals surface area contributed by atoms with Gasteiger partial charge in [0.1, 0.15) is 11.5 Å². The molecule has 0 radical (unpaired) electrons. The summed E-state index contributed by atoms with van der Waals surface area (Å²) < 4.78 is 55.5. The van der Waals surface area contributed by atoms with Gasteiger partial charge in [0.25, 0.3) is 0 Å². The first-order valence-electron chi connectivity index (χ1n) is 10.5. The van der Waals surface area contributed by atoms with Gasteiger partial charge in [0.05, 0.1) is 40.6 Å². The summed E-state index contributed by atoms with van der Waals surface area (Å²) in [5.74, 6) is 1.35. The maximum absolute atomic E-state index is 11.7. The fraction of sp³-hybridized carbons (Fsp3) is 0.455. The third kappa shape index (κ3) is 7.73. The highest BCUT2D eigenvalue weighted by Crippen LogP contribution is 2.42. The molecule has 2 rings (SSSR count). The van der Waals surface area contributed by atoms with Gasteiger partial charge in [-0.15, -0.1) is 0 Å². The molecular formula is C22H32O8P2. The molecule has 32 heavy (non-hydrogen) atoms. The quantitative estimate of drug-likeness (QED) is 0.312. The van der Waals surface area contributed by atoms with E-state index in [2.05, 4.69) is 0 Å². The van der Waals surface area contributed by atoms with Crippen LogP contribution in [0.3, 0.4) is 0 Å². The zero-order valence-electron chi connectivity index (χ0n) is 19.0. The lowest BCUT2D eigenvalue weighted by molar-refractivity contribution is 0.235. The van der Waals surface area contributed by atoms with Crippen LogP contribution in [0.5, 0.6) is 11.5 Å². The zero-order chi connectivity index (χ0) is 23.3. The van der Waals surface area contributed by atoms with Crippen molar-refractivity contribution in [3.63, 3.8) is 0 Å². The van der Waals surface area contributed by atoms with Crippen LogP contribution in [0.4, 0.5) is 0 Å². The molecule has 0 spiro atoms. The van der Waals surface area contributed by atoms with Crippen LogP contribution in [0.25, 0.3) is 11.1 Å². The van der Waals surface area contributed by atoms with Crippen molar-refractivity contribution >= 4 is 16.5 Å². The van der Waals surface area contributed by atoms with E-state index in [1.165, 1.54) is 0 Å². The number of benzene rings is 2. The van der Waals surface area contributed by atoms with Gasteiger partial charge in [-0.2, -0.15) is 0 Å². The fourth-order valence-electron chi connectivity index (χ4n) is 3.29. The smallest absolute Gasteiger partial charge is 0.319 e. The van der Waals surface area contributed by atoms with Crippen LogP contribution in [0.15, 0.2) is 36.4 Å². The van der Waals surface area contributed by atoms with E-state index in [9.17, 15) is 9.13 Å². The van der Waals surface area contributed by atoms with Gasteiger partial charge in [-0.1, -0.05) is 24.3 Å². The second kappa shape index (κ2) is 14.5. The number of ether oxygens (including phenoxy) is 2. The van der Waals surface area contributed by atoms with E-state index in [0.717, 1.165) is 22.3 Å².